The molecule has 3 N–H and O–H groups in total. The number of sulfonamides is 1. The molecule has 2 rings (SSSR count). The SMILES string of the molecule is CC#CCOc1ccc(S(=O)(=O)N2CC(O)C(O)C(OCC)C2C(=O)O)cc1. The number of ether oxygens (including phenoxy) is 2. The van der Waals surface area contributed by atoms with Gasteiger partial charge in [-0.25, -0.2) is 8.42 Å². The van der Waals surface area contributed by atoms with Gasteiger partial charge in [0.15, 0.2) is 6.04 Å². The molecule has 9 nitrogen and oxygen atoms in total. The molecule has 0 spiro atoms. The summed E-state index contributed by atoms with van der Waals surface area (Å²) in [4.78, 5) is 11.6. The topological polar surface area (TPSA) is 134 Å². The number of aliphatic hydroxyl groups excluding tert-OH is 2. The van der Waals surface area contributed by atoms with E-state index in [1.54, 1.807) is 13.8 Å². The monoisotopic (exact) mass is 413 g/mol. The molecule has 10 heteroatoms. The van der Waals surface area contributed by atoms with Crippen LogP contribution in [0.4, 0.5) is 0 Å². The van der Waals surface area contributed by atoms with E-state index in [1.165, 1.54) is 24.3 Å². The quantitative estimate of drug-likeness (QED) is 0.518. The molecular weight excluding hydrogens is 390 g/mol. The third kappa shape index (κ3) is 4.63. The third-order valence-corrected chi connectivity index (χ3v) is 6.11. The number of aliphatic carboxylic acids is 1. The first-order valence-electron chi connectivity index (χ1n) is 8.58. The summed E-state index contributed by atoms with van der Waals surface area (Å²) in [6.45, 7) is 2.85. The van der Waals surface area contributed by atoms with Crippen molar-refractivity contribution < 1.29 is 38.0 Å². The minimum atomic E-state index is -4.29. The highest BCUT2D eigenvalue weighted by Crippen LogP contribution is 2.29. The van der Waals surface area contributed by atoms with Gasteiger partial charge >= 0.3 is 5.97 Å². The Hall–Kier alpha value is -2.16. The van der Waals surface area contributed by atoms with Crippen molar-refractivity contribution in [3.63, 3.8) is 0 Å². The molecule has 0 radical (unpaired) electrons. The molecule has 1 heterocycles. The van der Waals surface area contributed by atoms with Crippen LogP contribution in [0.25, 0.3) is 0 Å². The Morgan fingerprint density at radius 3 is 2.46 bits per heavy atom. The number of piperidine rings is 1. The molecule has 1 fully saturated rings. The lowest BCUT2D eigenvalue weighted by Crippen LogP contribution is -2.65. The van der Waals surface area contributed by atoms with Crippen LogP contribution in [0.3, 0.4) is 0 Å². The molecule has 0 aromatic heterocycles. The van der Waals surface area contributed by atoms with Crippen LogP contribution in [0.5, 0.6) is 5.75 Å². The molecule has 4 atom stereocenters. The summed E-state index contributed by atoms with van der Waals surface area (Å²) >= 11 is 0. The second-order valence-electron chi connectivity index (χ2n) is 6.02. The molecule has 1 aliphatic rings. The predicted octanol–water partition coefficient (Wildman–Crippen LogP) is -0.327. The van der Waals surface area contributed by atoms with E-state index in [1.807, 2.05) is 0 Å². The normalized spacial score (nSPS) is 25.6. The van der Waals surface area contributed by atoms with E-state index in [2.05, 4.69) is 11.8 Å². The Morgan fingerprint density at radius 1 is 1.29 bits per heavy atom. The molecule has 154 valence electrons. The number of aliphatic hydroxyl groups is 2. The fourth-order valence-electron chi connectivity index (χ4n) is 2.90. The number of nitrogens with zero attached hydrogens (tertiary/aromatic N) is 1. The van der Waals surface area contributed by atoms with Crippen molar-refractivity contribution in [1.82, 2.24) is 4.31 Å². The highest BCUT2D eigenvalue weighted by atomic mass is 32.2. The van der Waals surface area contributed by atoms with Crippen molar-refractivity contribution in [3.05, 3.63) is 24.3 Å². The lowest BCUT2D eigenvalue weighted by Gasteiger charge is -2.42. The fraction of sp³-hybridized carbons (Fsp3) is 0.500. The summed E-state index contributed by atoms with van der Waals surface area (Å²) < 4.78 is 37.3. The summed E-state index contributed by atoms with van der Waals surface area (Å²) in [6, 6.07) is 3.72. The molecule has 1 aromatic carbocycles. The predicted molar refractivity (Wildman–Crippen MR) is 98.1 cm³/mol. The number of carboxylic acid groups (broad SMARTS) is 1. The average molecular weight is 413 g/mol. The largest absolute Gasteiger partial charge is 0.481 e. The van der Waals surface area contributed by atoms with Gasteiger partial charge in [0, 0.05) is 13.2 Å². The third-order valence-electron chi connectivity index (χ3n) is 4.25. The van der Waals surface area contributed by atoms with Gasteiger partial charge in [-0.1, -0.05) is 5.92 Å². The minimum Gasteiger partial charge on any atom is -0.481 e. The number of hydrogen-bond acceptors (Lipinski definition) is 7. The van der Waals surface area contributed by atoms with E-state index in [-0.39, 0.29) is 18.1 Å². The van der Waals surface area contributed by atoms with Gasteiger partial charge in [0.05, 0.1) is 11.0 Å². The summed E-state index contributed by atoms with van der Waals surface area (Å²) in [5.74, 6) is 4.29. The summed E-state index contributed by atoms with van der Waals surface area (Å²) in [5.41, 5.74) is 0. The first-order valence-corrected chi connectivity index (χ1v) is 10.0. The maximum Gasteiger partial charge on any atom is 0.324 e. The first-order chi connectivity index (χ1) is 13.2. The number of hydrogen-bond donors (Lipinski definition) is 3. The van der Waals surface area contributed by atoms with Gasteiger partial charge in [-0.2, -0.15) is 4.31 Å². The van der Waals surface area contributed by atoms with Gasteiger partial charge in [-0.15, -0.1) is 5.92 Å². The number of β-amino-alcohol motifs (C(OH)–C–C–N with tert-alkyl or cyclic N) is 1. The molecule has 1 aromatic rings. The van der Waals surface area contributed by atoms with Gasteiger partial charge in [-0.05, 0) is 38.1 Å². The zero-order chi connectivity index (χ0) is 20.9. The van der Waals surface area contributed by atoms with Crippen molar-refractivity contribution in [2.75, 3.05) is 19.8 Å². The van der Waals surface area contributed by atoms with Crippen molar-refractivity contribution in [2.24, 2.45) is 0 Å². The molecule has 1 saturated heterocycles. The maximum absolute atomic E-state index is 13.0. The standard InChI is InChI=1S/C18H23NO8S/c1-3-5-10-27-12-6-8-13(9-7-12)28(24,25)19-11-14(20)16(21)17(26-4-2)15(19)18(22)23/h6-9,14-17,20-21H,4,10-11H2,1-2H3,(H,22,23). The molecule has 0 amide bonds. The summed E-state index contributed by atoms with van der Waals surface area (Å²) in [7, 11) is -4.29. The van der Waals surface area contributed by atoms with E-state index in [0.29, 0.717) is 10.1 Å². The lowest BCUT2D eigenvalue weighted by atomic mass is 9.96. The van der Waals surface area contributed by atoms with Gasteiger partial charge in [0.1, 0.15) is 24.6 Å². The Kier molecular flexibility index (Phi) is 7.40. The van der Waals surface area contributed by atoms with Crippen LogP contribution in [0.1, 0.15) is 13.8 Å². The number of carbonyl (C=O) groups is 1. The van der Waals surface area contributed by atoms with Crippen molar-refractivity contribution in [3.8, 4) is 17.6 Å². The van der Waals surface area contributed by atoms with E-state index in [4.69, 9.17) is 9.47 Å². The van der Waals surface area contributed by atoms with Gasteiger partial charge in [0.2, 0.25) is 10.0 Å². The van der Waals surface area contributed by atoms with Crippen LogP contribution in [0, 0.1) is 11.8 Å². The van der Waals surface area contributed by atoms with Crippen molar-refractivity contribution in [2.45, 2.75) is 43.1 Å². The number of rotatable bonds is 7. The molecule has 0 bridgehead atoms. The highest BCUT2D eigenvalue weighted by Gasteiger charge is 2.51. The molecule has 0 saturated carbocycles. The molecule has 4 unspecified atom stereocenters. The average Bonchev–Trinajstić information content (AvgIpc) is 2.65. The van der Waals surface area contributed by atoms with E-state index in [9.17, 15) is 28.5 Å². The minimum absolute atomic E-state index is 0.0405. The van der Waals surface area contributed by atoms with Crippen molar-refractivity contribution in [1.29, 1.82) is 0 Å². The van der Waals surface area contributed by atoms with Crippen LogP contribution in [-0.2, 0) is 19.6 Å². The number of carboxylic acids is 1. The van der Waals surface area contributed by atoms with E-state index in [0.717, 1.165) is 0 Å². The number of benzene rings is 1. The fourth-order valence-corrected chi connectivity index (χ4v) is 4.51. The van der Waals surface area contributed by atoms with E-state index < -0.39 is 46.9 Å². The van der Waals surface area contributed by atoms with Gasteiger partial charge in [-0.3, -0.25) is 4.79 Å². The Bertz CT molecular complexity index is 843. The lowest BCUT2D eigenvalue weighted by molar-refractivity contribution is -0.170. The highest BCUT2D eigenvalue weighted by molar-refractivity contribution is 7.89. The second-order valence-corrected chi connectivity index (χ2v) is 7.91. The first kappa shape index (κ1) is 22.1. The van der Waals surface area contributed by atoms with Gasteiger partial charge in [0.25, 0.3) is 0 Å². The zero-order valence-electron chi connectivity index (χ0n) is 15.5. The maximum atomic E-state index is 13.0. The molecular formula is C18H23NO8S. The van der Waals surface area contributed by atoms with Crippen LogP contribution in [0.2, 0.25) is 0 Å². The summed E-state index contributed by atoms with van der Waals surface area (Å²) in [6.07, 6.45) is -4.42. The summed E-state index contributed by atoms with van der Waals surface area (Å²) in [5, 5.41) is 29.7. The van der Waals surface area contributed by atoms with E-state index >= 15 is 0 Å². The zero-order valence-corrected chi connectivity index (χ0v) is 16.3. The van der Waals surface area contributed by atoms with Gasteiger partial charge < -0.3 is 24.8 Å². The Morgan fingerprint density at radius 2 is 1.93 bits per heavy atom. The second kappa shape index (κ2) is 9.36. The van der Waals surface area contributed by atoms with Crippen molar-refractivity contribution >= 4 is 16.0 Å². The Balaban J connectivity index is 2.35. The smallest absolute Gasteiger partial charge is 0.324 e. The Labute approximate surface area is 163 Å². The molecule has 1 aliphatic heterocycles. The molecule has 28 heavy (non-hydrogen) atoms. The molecule has 0 aliphatic carbocycles. The van der Waals surface area contributed by atoms with Crippen LogP contribution >= 0.6 is 0 Å². The van der Waals surface area contributed by atoms with Crippen LogP contribution in [-0.4, -0.2) is 78.1 Å². The van der Waals surface area contributed by atoms with Crippen LogP contribution in [0.15, 0.2) is 29.2 Å². The van der Waals surface area contributed by atoms with Crippen LogP contribution < -0.4 is 4.74 Å².